The maximum absolute atomic E-state index is 15.1. The lowest BCUT2D eigenvalue weighted by Gasteiger charge is -2.41. The van der Waals surface area contributed by atoms with Gasteiger partial charge in [-0.15, -0.1) is 0 Å². The second-order valence-electron chi connectivity index (χ2n) is 9.64. The zero-order valence-electron chi connectivity index (χ0n) is 20.2. The Morgan fingerprint density at radius 3 is 2.26 bits per heavy atom. The summed E-state index contributed by atoms with van der Waals surface area (Å²) < 4.78 is 34.6. The molecule has 2 aromatic carbocycles. The Labute approximate surface area is 202 Å². The molecule has 3 heteroatoms. The van der Waals surface area contributed by atoms with Crippen LogP contribution in [0.3, 0.4) is 0 Å². The molecule has 2 fully saturated rings. The minimum atomic E-state index is -0.451. The molecule has 34 heavy (non-hydrogen) atoms. The van der Waals surface area contributed by atoms with Crippen molar-refractivity contribution in [2.24, 2.45) is 17.8 Å². The van der Waals surface area contributed by atoms with Gasteiger partial charge in [0.15, 0.2) is 11.6 Å². The van der Waals surface area contributed by atoms with Crippen LogP contribution >= 0.6 is 0 Å². The highest BCUT2D eigenvalue weighted by Crippen LogP contribution is 2.48. The van der Waals surface area contributed by atoms with Crippen LogP contribution in [0.4, 0.5) is 8.78 Å². The predicted molar refractivity (Wildman–Crippen MR) is 135 cm³/mol. The summed E-state index contributed by atoms with van der Waals surface area (Å²) in [6, 6.07) is 9.98. The Hall–Kier alpha value is -2.86. The van der Waals surface area contributed by atoms with E-state index in [4.69, 9.17) is 4.74 Å². The highest BCUT2D eigenvalue weighted by Gasteiger charge is 2.35. The minimum absolute atomic E-state index is 0.170. The van der Waals surface area contributed by atoms with E-state index in [-0.39, 0.29) is 11.6 Å². The molecule has 0 N–H and O–H groups in total. The molecule has 0 radical (unpaired) electrons. The minimum Gasteiger partial charge on any atom is -0.486 e. The molecule has 1 nitrogen and oxygen atoms in total. The normalized spacial score (nSPS) is 24.6. The van der Waals surface area contributed by atoms with Crippen LogP contribution < -0.4 is 4.74 Å². The van der Waals surface area contributed by atoms with Crippen molar-refractivity contribution in [1.82, 2.24) is 0 Å². The first-order chi connectivity index (χ1) is 16.6. The van der Waals surface area contributed by atoms with Crippen molar-refractivity contribution in [1.29, 1.82) is 0 Å². The van der Waals surface area contributed by atoms with Crippen molar-refractivity contribution in [2.45, 2.75) is 58.3 Å². The summed E-state index contributed by atoms with van der Waals surface area (Å²) in [6.45, 7) is 4.31. The molecule has 2 aliphatic rings. The number of halogens is 2. The number of hydrogen-bond acceptors (Lipinski definition) is 1. The molecule has 0 saturated heterocycles. The van der Waals surface area contributed by atoms with Crippen molar-refractivity contribution in [3.8, 4) is 17.6 Å². The fourth-order valence-corrected chi connectivity index (χ4v) is 5.66. The Morgan fingerprint density at radius 2 is 1.56 bits per heavy atom. The molecule has 0 amide bonds. The molecule has 0 heterocycles. The molecular formula is C31H34F2O. The van der Waals surface area contributed by atoms with Crippen LogP contribution in [0.2, 0.25) is 0 Å². The molecule has 0 aromatic heterocycles. The van der Waals surface area contributed by atoms with E-state index in [1.165, 1.54) is 37.8 Å². The van der Waals surface area contributed by atoms with Gasteiger partial charge in [-0.2, -0.15) is 0 Å². The van der Waals surface area contributed by atoms with Crippen molar-refractivity contribution in [3.63, 3.8) is 0 Å². The van der Waals surface area contributed by atoms with Gasteiger partial charge in [-0.1, -0.05) is 42.2 Å². The average Bonchev–Trinajstić information content (AvgIpc) is 2.84. The smallest absolute Gasteiger partial charge is 0.166 e. The van der Waals surface area contributed by atoms with Gasteiger partial charge < -0.3 is 4.74 Å². The lowest BCUT2D eigenvalue weighted by Crippen LogP contribution is -2.30. The zero-order chi connectivity index (χ0) is 23.9. The fraction of sp³-hybridized carbons (Fsp3) is 0.419. The van der Waals surface area contributed by atoms with Gasteiger partial charge in [0.05, 0.1) is 0 Å². The van der Waals surface area contributed by atoms with E-state index in [1.54, 1.807) is 12.1 Å². The maximum Gasteiger partial charge on any atom is 0.166 e. The van der Waals surface area contributed by atoms with E-state index in [2.05, 4.69) is 30.9 Å². The van der Waals surface area contributed by atoms with E-state index in [1.807, 2.05) is 31.2 Å². The fourth-order valence-electron chi connectivity index (χ4n) is 5.66. The Morgan fingerprint density at radius 1 is 0.853 bits per heavy atom. The standard InChI is InChI=1S/C31H34F2O/c1-3-5-17-34-31-16-11-24(20-30(31)33)8-7-23-10-15-28(29(32)19-23)27-14-13-25-18-22(6-4-2)9-12-26(25)21-27/h3-6,10-11,15-16,19-20,22,25-27H,9,12-14,17-18,21H2,1-2H3/b5-3+,6-4+. The van der Waals surface area contributed by atoms with Crippen molar-refractivity contribution in [2.75, 3.05) is 6.61 Å². The highest BCUT2D eigenvalue weighted by atomic mass is 19.1. The lowest BCUT2D eigenvalue weighted by molar-refractivity contribution is 0.132. The van der Waals surface area contributed by atoms with Crippen LogP contribution in [0.1, 0.15) is 75.0 Å². The summed E-state index contributed by atoms with van der Waals surface area (Å²) in [7, 11) is 0. The van der Waals surface area contributed by atoms with Crippen molar-refractivity contribution >= 4 is 0 Å². The number of ether oxygens (including phenoxy) is 1. The van der Waals surface area contributed by atoms with Crippen LogP contribution in [0.25, 0.3) is 0 Å². The molecule has 0 spiro atoms. The molecule has 2 saturated carbocycles. The first-order valence-electron chi connectivity index (χ1n) is 12.5. The van der Waals surface area contributed by atoms with Crippen molar-refractivity contribution in [3.05, 3.63) is 89.0 Å². The quantitative estimate of drug-likeness (QED) is 0.323. The molecule has 4 rings (SSSR count). The molecule has 178 valence electrons. The summed E-state index contributed by atoms with van der Waals surface area (Å²) in [5, 5.41) is 0. The van der Waals surface area contributed by atoms with Gasteiger partial charge in [0.2, 0.25) is 0 Å². The topological polar surface area (TPSA) is 9.23 Å². The second kappa shape index (κ2) is 11.5. The lowest BCUT2D eigenvalue weighted by atomic mass is 9.64. The largest absolute Gasteiger partial charge is 0.486 e. The molecule has 0 bridgehead atoms. The summed E-state index contributed by atoms with van der Waals surface area (Å²) in [4.78, 5) is 0. The van der Waals surface area contributed by atoms with Crippen LogP contribution in [0.5, 0.6) is 5.75 Å². The molecule has 2 aliphatic carbocycles. The van der Waals surface area contributed by atoms with E-state index in [9.17, 15) is 4.39 Å². The summed E-state index contributed by atoms with van der Waals surface area (Å²) >= 11 is 0. The Balaban J connectivity index is 1.40. The number of hydrogen-bond donors (Lipinski definition) is 0. The third-order valence-electron chi connectivity index (χ3n) is 7.41. The van der Waals surface area contributed by atoms with E-state index >= 15 is 4.39 Å². The zero-order valence-corrected chi connectivity index (χ0v) is 20.2. The van der Waals surface area contributed by atoms with Gasteiger partial charge in [0.1, 0.15) is 12.4 Å². The number of allylic oxidation sites excluding steroid dienone is 3. The number of fused-ring (bicyclic) bond motifs is 1. The van der Waals surface area contributed by atoms with Crippen LogP contribution in [-0.2, 0) is 0 Å². The molecule has 4 unspecified atom stereocenters. The van der Waals surface area contributed by atoms with Gasteiger partial charge >= 0.3 is 0 Å². The van der Waals surface area contributed by atoms with Gasteiger partial charge in [-0.05, 0) is 112 Å². The van der Waals surface area contributed by atoms with Gasteiger partial charge in [0, 0.05) is 11.1 Å². The Kier molecular flexibility index (Phi) is 8.22. The molecule has 4 atom stereocenters. The summed E-state index contributed by atoms with van der Waals surface area (Å²) in [6.07, 6.45) is 15.4. The number of rotatable bonds is 5. The maximum atomic E-state index is 15.1. The van der Waals surface area contributed by atoms with Gasteiger partial charge in [0.25, 0.3) is 0 Å². The SMILES string of the molecule is C/C=C/COc1ccc(C#Cc2ccc(C3CCC4CC(/C=C/C)CCC4C3)c(F)c2)cc1F. The first-order valence-corrected chi connectivity index (χ1v) is 12.5. The third-order valence-corrected chi connectivity index (χ3v) is 7.41. The van der Waals surface area contributed by atoms with Crippen LogP contribution in [0, 0.1) is 41.2 Å². The highest BCUT2D eigenvalue weighted by molar-refractivity contribution is 5.46. The van der Waals surface area contributed by atoms with Gasteiger partial charge in [-0.3, -0.25) is 0 Å². The molecular weight excluding hydrogens is 426 g/mol. The van der Waals surface area contributed by atoms with Gasteiger partial charge in [-0.25, -0.2) is 8.78 Å². The number of benzene rings is 2. The molecule has 2 aromatic rings. The van der Waals surface area contributed by atoms with Crippen LogP contribution in [0.15, 0.2) is 60.7 Å². The second-order valence-corrected chi connectivity index (χ2v) is 9.64. The molecule has 0 aliphatic heterocycles. The first kappa shape index (κ1) is 24.3. The predicted octanol–water partition coefficient (Wildman–Crippen LogP) is 8.20. The van der Waals surface area contributed by atoms with E-state index in [0.29, 0.717) is 23.7 Å². The monoisotopic (exact) mass is 460 g/mol. The van der Waals surface area contributed by atoms with Crippen molar-refractivity contribution < 1.29 is 13.5 Å². The summed E-state index contributed by atoms with van der Waals surface area (Å²) in [5.74, 6) is 8.04. The van der Waals surface area contributed by atoms with Crippen LogP contribution in [-0.4, -0.2) is 6.61 Å². The third kappa shape index (κ3) is 5.98. The Bertz CT molecular complexity index is 1100. The van der Waals surface area contributed by atoms with E-state index in [0.717, 1.165) is 36.2 Å². The summed E-state index contributed by atoms with van der Waals surface area (Å²) in [5.41, 5.74) is 1.97. The average molecular weight is 461 g/mol. The van der Waals surface area contributed by atoms with E-state index < -0.39 is 5.82 Å².